The number of halogens is 11. The number of ether oxygens (including phenoxy) is 1. The Balaban J connectivity index is 0.000000230. The van der Waals surface area contributed by atoms with E-state index in [1.54, 1.807) is 41.7 Å². The lowest BCUT2D eigenvalue weighted by atomic mass is 9.87. The SMILES string of the molecule is C.CC(C)(C)OC(=O)N1CCc2[nH]ncc2C1.Cc1cc(C2CCN(C(=O)c3n[nH]c4c3CCCC4)CC2)cc(C(F)(F)F)c1.Cc1cc(C2CCN(C(=O)c3n[nH]c4c3CCCC4)CC2)cc(C(F)(F)F)c1.Cc1cc(C2CCNCC2)cc(C(F)(F)F)c1.Cl.Cl.O=C=O. The molecule has 3 aromatic carbocycles. The lowest BCUT2D eigenvalue weighted by Crippen LogP contribution is -2.39. The van der Waals surface area contributed by atoms with Crippen LogP contribution in [0.25, 0.3) is 0 Å². The lowest BCUT2D eigenvalue weighted by molar-refractivity contribution is -0.191. The highest BCUT2D eigenvalue weighted by Gasteiger charge is 2.37. The number of aromatic nitrogens is 6. The van der Waals surface area contributed by atoms with Gasteiger partial charge < -0.3 is 24.8 Å². The molecular formula is C68H87Cl2F9N10O6. The van der Waals surface area contributed by atoms with Gasteiger partial charge in [0.05, 0.1) is 29.4 Å². The molecule has 0 spiro atoms. The molecule has 6 aromatic rings. The lowest BCUT2D eigenvalue weighted by Gasteiger charge is -2.32. The first-order valence-corrected chi connectivity index (χ1v) is 31.5. The first-order valence-electron chi connectivity index (χ1n) is 31.5. The van der Waals surface area contributed by atoms with E-state index in [1.165, 1.54) is 36.4 Å². The van der Waals surface area contributed by atoms with Crippen molar-refractivity contribution in [3.8, 4) is 0 Å². The third-order valence-corrected chi connectivity index (χ3v) is 17.6. The highest BCUT2D eigenvalue weighted by molar-refractivity contribution is 5.95. The van der Waals surface area contributed by atoms with Crippen LogP contribution in [0.5, 0.6) is 0 Å². The number of nitrogens with zero attached hydrogens (tertiary/aromatic N) is 6. The van der Waals surface area contributed by atoms with Crippen LogP contribution in [-0.2, 0) is 71.5 Å². The number of aryl methyl sites for hydroxylation is 5. The summed E-state index contributed by atoms with van der Waals surface area (Å²) in [7, 11) is 0. The monoisotopic (exact) mass is 1380 g/mol. The molecule has 3 fully saturated rings. The third-order valence-electron chi connectivity index (χ3n) is 17.6. The van der Waals surface area contributed by atoms with Crippen LogP contribution in [-0.4, -0.2) is 121 Å². The minimum Gasteiger partial charge on any atom is -0.444 e. The van der Waals surface area contributed by atoms with E-state index in [4.69, 9.17) is 14.3 Å². The molecule has 3 amide bonds. The van der Waals surface area contributed by atoms with Crippen molar-refractivity contribution < 1.29 is 68.2 Å². The predicted molar refractivity (Wildman–Crippen MR) is 345 cm³/mol. The molecule has 16 nitrogen and oxygen atoms in total. The summed E-state index contributed by atoms with van der Waals surface area (Å²) in [6.07, 6.45) is 2.18. The van der Waals surface area contributed by atoms with Gasteiger partial charge in [-0.05, 0) is 215 Å². The van der Waals surface area contributed by atoms with Gasteiger partial charge in [0.15, 0.2) is 11.4 Å². The molecule has 0 saturated carbocycles. The molecule has 12 rings (SSSR count). The van der Waals surface area contributed by atoms with E-state index in [0.717, 1.165) is 134 Å². The maximum atomic E-state index is 13.1. The average molecular weight is 1380 g/mol. The van der Waals surface area contributed by atoms with Crippen LogP contribution in [0.1, 0.15) is 215 Å². The minimum atomic E-state index is -4.34. The number of nitrogens with one attached hydrogen (secondary N) is 4. The zero-order chi connectivity index (χ0) is 66.7. The van der Waals surface area contributed by atoms with Gasteiger partial charge in [0.1, 0.15) is 5.60 Å². The van der Waals surface area contributed by atoms with Crippen LogP contribution in [0.3, 0.4) is 0 Å². The summed E-state index contributed by atoms with van der Waals surface area (Å²) in [5.41, 5.74) is 9.56. The summed E-state index contributed by atoms with van der Waals surface area (Å²) < 4.78 is 122. The first kappa shape index (κ1) is 78.5. The van der Waals surface area contributed by atoms with Crippen LogP contribution in [0.15, 0.2) is 60.8 Å². The topological polar surface area (TPSA) is 202 Å². The number of benzene rings is 3. The van der Waals surface area contributed by atoms with Crippen molar-refractivity contribution in [1.29, 1.82) is 0 Å². The number of likely N-dealkylation sites (tertiary alicyclic amines) is 2. The van der Waals surface area contributed by atoms with Gasteiger partial charge in [-0.1, -0.05) is 42.3 Å². The Morgan fingerprint density at radius 1 is 0.505 bits per heavy atom. The Bertz CT molecular complexity index is 3390. The third kappa shape index (κ3) is 21.4. The molecule has 3 aromatic heterocycles. The van der Waals surface area contributed by atoms with E-state index in [-0.39, 0.29) is 74.1 Å². The maximum absolute atomic E-state index is 13.1. The van der Waals surface area contributed by atoms with Crippen molar-refractivity contribution in [3.05, 3.63) is 156 Å². The second-order valence-corrected chi connectivity index (χ2v) is 25.6. The number of rotatable bonds is 5. The maximum Gasteiger partial charge on any atom is 0.416 e. The van der Waals surface area contributed by atoms with Crippen molar-refractivity contribution in [1.82, 2.24) is 50.6 Å². The Kier molecular flexibility index (Phi) is 28.2. The van der Waals surface area contributed by atoms with Gasteiger partial charge >= 0.3 is 30.8 Å². The number of amides is 3. The van der Waals surface area contributed by atoms with Gasteiger partial charge in [0.2, 0.25) is 0 Å². The molecule has 7 heterocycles. The second kappa shape index (κ2) is 34.1. The molecule has 0 unspecified atom stereocenters. The number of aromatic amines is 3. The number of carbonyl (C=O) groups excluding carboxylic acids is 5. The zero-order valence-corrected chi connectivity index (χ0v) is 55.3. The molecule has 27 heteroatoms. The number of carbonyl (C=O) groups is 3. The molecule has 0 radical (unpaired) electrons. The molecule has 2 aliphatic carbocycles. The molecule has 4 aliphatic heterocycles. The molecule has 0 bridgehead atoms. The van der Waals surface area contributed by atoms with Gasteiger partial charge in [-0.15, -0.1) is 24.8 Å². The van der Waals surface area contributed by atoms with E-state index in [9.17, 15) is 53.9 Å². The number of piperidine rings is 3. The Hall–Kier alpha value is -7.21. The van der Waals surface area contributed by atoms with Crippen molar-refractivity contribution >= 4 is 48.9 Å². The summed E-state index contributed by atoms with van der Waals surface area (Å²) in [5.74, 6) is 0.227. The van der Waals surface area contributed by atoms with Crippen molar-refractivity contribution in [2.24, 2.45) is 0 Å². The summed E-state index contributed by atoms with van der Waals surface area (Å²) in [6, 6.07) is 13.0. The molecular weight excluding hydrogens is 1290 g/mol. The molecule has 95 heavy (non-hydrogen) atoms. The molecule has 3 saturated heterocycles. The summed E-state index contributed by atoms with van der Waals surface area (Å²) in [6.45, 7) is 15.9. The Morgan fingerprint density at radius 2 is 0.874 bits per heavy atom. The molecule has 522 valence electrons. The minimum absolute atomic E-state index is 0. The van der Waals surface area contributed by atoms with Gasteiger partial charge in [-0.3, -0.25) is 24.9 Å². The number of hydrogen-bond donors (Lipinski definition) is 4. The first-order chi connectivity index (χ1) is 43.5. The van der Waals surface area contributed by atoms with Crippen molar-refractivity contribution in [2.45, 2.75) is 194 Å². The van der Waals surface area contributed by atoms with E-state index in [2.05, 4.69) is 35.9 Å². The standard InChI is InChI=1S/2C21H24F3N3O.C13H16F3N.C11H17N3O2.CO2.CH4.2ClH/c2*1-13-10-15(12-16(11-13)21(22,23)24)14-6-8-27(9-7-14)20(28)19-17-4-2-3-5-18(17)25-26-19;1-9-6-11(10-2-4-17-5-3-10)8-12(7-9)13(14,15)16;1-11(2,3)16-10(15)14-5-4-9-8(7-14)6-12-13-9;2-1-3;;;/h2*10-12,14H,2-9H2,1H3,(H,25,26);6-8,10,17H,2-5H2,1H3;6H,4-5,7H2,1-3H3,(H,12,13);;1H4;2*1H. The summed E-state index contributed by atoms with van der Waals surface area (Å²) in [5, 5.41) is 24.7. The normalized spacial score (nSPS) is 16.8. The van der Waals surface area contributed by atoms with Crippen molar-refractivity contribution in [3.63, 3.8) is 0 Å². The fourth-order valence-corrected chi connectivity index (χ4v) is 12.9. The fraction of sp³-hybridized carbons (Fsp3) is 0.544. The van der Waals surface area contributed by atoms with Crippen LogP contribution in [0.4, 0.5) is 44.3 Å². The Morgan fingerprint density at radius 3 is 1.24 bits per heavy atom. The van der Waals surface area contributed by atoms with Gasteiger partial charge in [-0.25, -0.2) is 4.79 Å². The quantitative estimate of drug-likeness (QED) is 0.120. The van der Waals surface area contributed by atoms with E-state index < -0.39 is 40.8 Å². The van der Waals surface area contributed by atoms with E-state index in [1.807, 2.05) is 39.0 Å². The van der Waals surface area contributed by atoms with Crippen LogP contribution in [0.2, 0.25) is 0 Å². The van der Waals surface area contributed by atoms with Gasteiger partial charge in [-0.2, -0.15) is 64.4 Å². The largest absolute Gasteiger partial charge is 0.444 e. The van der Waals surface area contributed by atoms with Gasteiger partial charge in [0, 0.05) is 72.9 Å². The second-order valence-electron chi connectivity index (χ2n) is 25.6. The number of alkyl halides is 9. The van der Waals surface area contributed by atoms with Crippen molar-refractivity contribution in [2.75, 3.05) is 45.8 Å². The van der Waals surface area contributed by atoms with Gasteiger partial charge in [0.25, 0.3) is 11.8 Å². The molecule has 4 N–H and O–H groups in total. The number of fused-ring (bicyclic) bond motifs is 3. The zero-order valence-electron chi connectivity index (χ0n) is 53.6. The summed E-state index contributed by atoms with van der Waals surface area (Å²) in [4.78, 5) is 59.2. The Labute approximate surface area is 560 Å². The number of hydrogen-bond acceptors (Lipinski definition) is 10. The van der Waals surface area contributed by atoms with Crippen LogP contribution in [0, 0.1) is 20.8 Å². The molecule has 0 atom stereocenters. The molecule has 6 aliphatic rings. The fourth-order valence-electron chi connectivity index (χ4n) is 12.9. The van der Waals surface area contributed by atoms with E-state index >= 15 is 0 Å². The number of H-pyrrole nitrogens is 3. The highest BCUT2D eigenvalue weighted by Crippen LogP contribution is 2.39. The summed E-state index contributed by atoms with van der Waals surface area (Å²) >= 11 is 0. The van der Waals surface area contributed by atoms with Crippen LogP contribution >= 0.6 is 24.8 Å². The van der Waals surface area contributed by atoms with E-state index in [0.29, 0.717) is 93.0 Å². The predicted octanol–water partition coefficient (Wildman–Crippen LogP) is 15.4. The van der Waals surface area contributed by atoms with Crippen LogP contribution < -0.4 is 5.32 Å². The average Bonchev–Trinajstić information content (AvgIpc) is 1.80. The smallest absolute Gasteiger partial charge is 0.416 e. The highest BCUT2D eigenvalue weighted by atomic mass is 35.5.